The number of aliphatic imine (C=N–C) groups is 1. The highest BCUT2D eigenvalue weighted by molar-refractivity contribution is 14.0. The quantitative estimate of drug-likeness (QED) is 0.311. The molecule has 0 fully saturated rings. The molecule has 154 valence electrons. The van der Waals surface area contributed by atoms with E-state index in [1.165, 1.54) is 19.3 Å². The van der Waals surface area contributed by atoms with Gasteiger partial charge in [0.25, 0.3) is 0 Å². The van der Waals surface area contributed by atoms with Crippen LogP contribution in [-0.2, 0) is 19.5 Å². The van der Waals surface area contributed by atoms with Gasteiger partial charge in [0.1, 0.15) is 12.4 Å². The molecule has 1 aromatic heterocycles. The zero-order valence-corrected chi connectivity index (χ0v) is 18.8. The number of rotatable bonds is 7. The predicted octanol–water partition coefficient (Wildman–Crippen LogP) is 2.80. The largest absolute Gasteiger partial charge is 0.388 e. The zero-order valence-electron chi connectivity index (χ0n) is 16.5. The van der Waals surface area contributed by atoms with Crippen LogP contribution in [0.15, 0.2) is 35.3 Å². The molecular formula is C20H31IN6O. The maximum absolute atomic E-state index is 10.3. The van der Waals surface area contributed by atoms with Crippen LogP contribution in [0.2, 0.25) is 0 Å². The molecule has 0 radical (unpaired) electrons. The lowest BCUT2D eigenvalue weighted by atomic mass is 10.1. The third-order valence-corrected chi connectivity index (χ3v) is 4.80. The Kier molecular flexibility index (Phi) is 9.69. The maximum Gasteiger partial charge on any atom is 0.191 e. The normalized spacial score (nSPS) is 15.1. The minimum atomic E-state index is -0.478. The number of aliphatic hydroxyl groups is 1. The van der Waals surface area contributed by atoms with E-state index in [-0.39, 0.29) is 24.0 Å². The zero-order chi connectivity index (χ0) is 18.9. The number of benzene rings is 1. The van der Waals surface area contributed by atoms with Gasteiger partial charge in [-0.05, 0) is 31.7 Å². The third kappa shape index (κ3) is 6.44. The summed E-state index contributed by atoms with van der Waals surface area (Å²) in [6, 6.07) is 9.73. The van der Waals surface area contributed by atoms with Gasteiger partial charge in [-0.25, -0.2) is 4.99 Å². The molecule has 0 bridgehead atoms. The Bertz CT molecular complexity index is 734. The third-order valence-electron chi connectivity index (χ3n) is 4.80. The van der Waals surface area contributed by atoms with Gasteiger partial charge in [0, 0.05) is 26.1 Å². The van der Waals surface area contributed by atoms with Crippen molar-refractivity contribution < 1.29 is 5.11 Å². The first-order valence-electron chi connectivity index (χ1n) is 9.94. The number of aryl methyl sites for hydroxylation is 1. The second-order valence-electron chi connectivity index (χ2n) is 6.83. The van der Waals surface area contributed by atoms with Crippen molar-refractivity contribution in [3.63, 3.8) is 0 Å². The lowest BCUT2D eigenvalue weighted by molar-refractivity contribution is 0.168. The summed E-state index contributed by atoms with van der Waals surface area (Å²) in [5.41, 5.74) is 0.937. The van der Waals surface area contributed by atoms with Crippen molar-refractivity contribution in [2.75, 3.05) is 13.1 Å². The fourth-order valence-electron chi connectivity index (χ4n) is 3.32. The Labute approximate surface area is 184 Å². The molecule has 0 amide bonds. The van der Waals surface area contributed by atoms with E-state index in [4.69, 9.17) is 0 Å². The summed E-state index contributed by atoms with van der Waals surface area (Å²) in [6.07, 6.45) is 4.77. The van der Waals surface area contributed by atoms with E-state index in [2.05, 4.69) is 30.4 Å². The average molecular weight is 498 g/mol. The number of guanidine groups is 1. The molecule has 1 unspecified atom stereocenters. The van der Waals surface area contributed by atoms with Gasteiger partial charge in [-0.15, -0.1) is 34.2 Å². The van der Waals surface area contributed by atoms with Crippen LogP contribution >= 0.6 is 24.0 Å². The van der Waals surface area contributed by atoms with Crippen LogP contribution in [0.5, 0.6) is 0 Å². The van der Waals surface area contributed by atoms with Crippen molar-refractivity contribution in [1.82, 2.24) is 25.4 Å². The minimum Gasteiger partial charge on any atom is -0.388 e. The van der Waals surface area contributed by atoms with E-state index in [0.717, 1.165) is 42.7 Å². The summed E-state index contributed by atoms with van der Waals surface area (Å²) >= 11 is 0. The van der Waals surface area contributed by atoms with Crippen molar-refractivity contribution in [2.24, 2.45) is 4.99 Å². The Morgan fingerprint density at radius 3 is 2.79 bits per heavy atom. The van der Waals surface area contributed by atoms with Crippen molar-refractivity contribution >= 4 is 29.9 Å². The first-order valence-corrected chi connectivity index (χ1v) is 9.94. The molecule has 3 rings (SSSR count). The molecule has 1 aliphatic heterocycles. The number of nitrogens with one attached hydrogen (secondary N) is 2. The first kappa shape index (κ1) is 22.6. The van der Waals surface area contributed by atoms with E-state index in [0.29, 0.717) is 19.5 Å². The van der Waals surface area contributed by atoms with Gasteiger partial charge in [-0.3, -0.25) is 0 Å². The molecule has 1 aliphatic rings. The molecule has 2 aromatic rings. The molecule has 8 heteroatoms. The molecule has 1 atom stereocenters. The lowest BCUT2D eigenvalue weighted by Gasteiger charge is -2.14. The highest BCUT2D eigenvalue weighted by Gasteiger charge is 2.14. The second kappa shape index (κ2) is 12.0. The van der Waals surface area contributed by atoms with E-state index >= 15 is 0 Å². The van der Waals surface area contributed by atoms with Gasteiger partial charge in [-0.1, -0.05) is 36.8 Å². The summed E-state index contributed by atoms with van der Waals surface area (Å²) < 4.78 is 2.22. The molecule has 0 aliphatic carbocycles. The first-order chi connectivity index (χ1) is 13.3. The smallest absolute Gasteiger partial charge is 0.191 e. The average Bonchev–Trinajstić information content (AvgIpc) is 2.92. The minimum absolute atomic E-state index is 0. The summed E-state index contributed by atoms with van der Waals surface area (Å²) in [5, 5.41) is 25.5. The molecule has 7 nitrogen and oxygen atoms in total. The van der Waals surface area contributed by atoms with E-state index in [1.807, 2.05) is 37.3 Å². The summed E-state index contributed by atoms with van der Waals surface area (Å²) in [5.74, 6) is 2.75. The summed E-state index contributed by atoms with van der Waals surface area (Å²) in [7, 11) is 0. The number of fused-ring (bicyclic) bond motifs is 1. The van der Waals surface area contributed by atoms with Crippen LogP contribution in [0.1, 0.15) is 55.9 Å². The van der Waals surface area contributed by atoms with E-state index < -0.39 is 6.10 Å². The van der Waals surface area contributed by atoms with Crippen LogP contribution < -0.4 is 10.6 Å². The van der Waals surface area contributed by atoms with Gasteiger partial charge in [0.2, 0.25) is 0 Å². The summed E-state index contributed by atoms with van der Waals surface area (Å²) in [4.78, 5) is 4.65. The van der Waals surface area contributed by atoms with Gasteiger partial charge in [0.15, 0.2) is 11.8 Å². The van der Waals surface area contributed by atoms with Crippen molar-refractivity contribution in [2.45, 2.75) is 58.2 Å². The van der Waals surface area contributed by atoms with Crippen LogP contribution in [0, 0.1) is 0 Å². The monoisotopic (exact) mass is 498 g/mol. The maximum atomic E-state index is 10.3. The number of aliphatic hydroxyl groups excluding tert-OH is 1. The van der Waals surface area contributed by atoms with Crippen LogP contribution in [0.25, 0.3) is 0 Å². The summed E-state index contributed by atoms with van der Waals surface area (Å²) in [6.45, 7) is 4.95. The SMILES string of the molecule is CCNC(=NCc1nnc2n1CCCCC2)NCCC(O)c1ccccc1.I. The van der Waals surface area contributed by atoms with E-state index in [1.54, 1.807) is 0 Å². The predicted molar refractivity (Wildman–Crippen MR) is 122 cm³/mol. The molecule has 0 spiro atoms. The molecule has 2 heterocycles. The number of hydrogen-bond donors (Lipinski definition) is 3. The standard InChI is InChI=1S/C20H30N6O.HI/c1-2-21-20(22-13-12-17(27)16-9-5-3-6-10-16)23-15-19-25-24-18-11-7-4-8-14-26(18)19;/h3,5-6,9-10,17,27H,2,4,7-8,11-15H2,1H3,(H2,21,22,23);1H. The van der Waals surface area contributed by atoms with Gasteiger partial charge < -0.3 is 20.3 Å². The number of aromatic nitrogens is 3. The highest BCUT2D eigenvalue weighted by atomic mass is 127. The van der Waals surface area contributed by atoms with Crippen molar-refractivity contribution in [1.29, 1.82) is 0 Å². The number of hydrogen-bond acceptors (Lipinski definition) is 4. The Hall–Kier alpha value is -1.68. The Morgan fingerprint density at radius 1 is 1.18 bits per heavy atom. The Balaban J connectivity index is 0.00000280. The molecule has 3 N–H and O–H groups in total. The van der Waals surface area contributed by atoms with Crippen molar-refractivity contribution in [3.05, 3.63) is 47.5 Å². The molecular weight excluding hydrogens is 467 g/mol. The number of nitrogens with zero attached hydrogens (tertiary/aromatic N) is 4. The van der Waals surface area contributed by atoms with Crippen LogP contribution in [0.3, 0.4) is 0 Å². The van der Waals surface area contributed by atoms with Gasteiger partial charge >= 0.3 is 0 Å². The fraction of sp³-hybridized carbons (Fsp3) is 0.550. The lowest BCUT2D eigenvalue weighted by Crippen LogP contribution is -2.38. The van der Waals surface area contributed by atoms with Gasteiger partial charge in [-0.2, -0.15) is 0 Å². The molecule has 28 heavy (non-hydrogen) atoms. The topological polar surface area (TPSA) is 87.4 Å². The van der Waals surface area contributed by atoms with Crippen LogP contribution in [-0.4, -0.2) is 38.9 Å². The molecule has 0 saturated heterocycles. The fourth-order valence-corrected chi connectivity index (χ4v) is 3.32. The number of halogens is 1. The second-order valence-corrected chi connectivity index (χ2v) is 6.83. The molecule has 0 saturated carbocycles. The van der Waals surface area contributed by atoms with Crippen LogP contribution in [0.4, 0.5) is 0 Å². The van der Waals surface area contributed by atoms with E-state index in [9.17, 15) is 5.11 Å². The van der Waals surface area contributed by atoms with Gasteiger partial charge in [0.05, 0.1) is 6.10 Å². The van der Waals surface area contributed by atoms with Crippen molar-refractivity contribution in [3.8, 4) is 0 Å². The Morgan fingerprint density at radius 2 is 2.00 bits per heavy atom. The highest BCUT2D eigenvalue weighted by Crippen LogP contribution is 2.16. The molecule has 1 aromatic carbocycles.